The normalized spacial score (nSPS) is 12.3. The Morgan fingerprint density at radius 3 is 2.65 bits per heavy atom. The molecule has 0 radical (unpaired) electrons. The quantitative estimate of drug-likeness (QED) is 0.914. The predicted molar refractivity (Wildman–Crippen MR) is 69.9 cm³/mol. The first kappa shape index (κ1) is 12.1. The lowest BCUT2D eigenvalue weighted by Gasteiger charge is -2.13. The maximum Gasteiger partial charge on any atom is 0.311 e. The van der Waals surface area contributed by atoms with Crippen LogP contribution in [0.3, 0.4) is 0 Å². The van der Waals surface area contributed by atoms with E-state index in [1.54, 1.807) is 29.5 Å². The molecule has 2 rings (SSSR count). The molecule has 1 atom stereocenters. The van der Waals surface area contributed by atoms with E-state index in [0.29, 0.717) is 17.0 Å². The molecule has 88 valence electrons. The molecule has 1 heterocycles. The summed E-state index contributed by atoms with van der Waals surface area (Å²) in [6, 6.07) is 11.0. The van der Waals surface area contributed by atoms with E-state index in [1.807, 2.05) is 23.6 Å². The third-order valence-electron chi connectivity index (χ3n) is 2.56. The topological polar surface area (TPSA) is 37.3 Å². The van der Waals surface area contributed by atoms with Gasteiger partial charge in [0.15, 0.2) is 0 Å². The van der Waals surface area contributed by atoms with Gasteiger partial charge in [0.05, 0.1) is 5.92 Å². The molecule has 0 aliphatic rings. The van der Waals surface area contributed by atoms with Crippen LogP contribution in [0.15, 0.2) is 41.8 Å². The largest absolute Gasteiger partial charge is 0.481 e. The molecule has 0 saturated heterocycles. The van der Waals surface area contributed by atoms with E-state index < -0.39 is 11.9 Å². The van der Waals surface area contributed by atoms with Gasteiger partial charge in [0.2, 0.25) is 0 Å². The fourth-order valence-corrected chi connectivity index (χ4v) is 2.74. The zero-order valence-corrected chi connectivity index (χ0v) is 10.5. The van der Waals surface area contributed by atoms with Gasteiger partial charge in [0.1, 0.15) is 0 Å². The Labute approximate surface area is 108 Å². The highest BCUT2D eigenvalue weighted by Gasteiger charge is 2.22. The Kier molecular flexibility index (Phi) is 3.82. The van der Waals surface area contributed by atoms with E-state index in [9.17, 15) is 9.90 Å². The van der Waals surface area contributed by atoms with E-state index in [4.69, 9.17) is 11.6 Å². The Morgan fingerprint density at radius 1 is 1.29 bits per heavy atom. The molecule has 0 amide bonds. The van der Waals surface area contributed by atoms with Crippen LogP contribution in [-0.2, 0) is 11.2 Å². The number of carbonyl (C=O) groups is 1. The molecule has 1 aromatic carbocycles. The van der Waals surface area contributed by atoms with Crippen molar-refractivity contribution in [1.29, 1.82) is 0 Å². The Bertz CT molecular complexity index is 508. The molecule has 0 aliphatic carbocycles. The summed E-state index contributed by atoms with van der Waals surface area (Å²) in [4.78, 5) is 12.4. The molecule has 17 heavy (non-hydrogen) atoms. The van der Waals surface area contributed by atoms with Gasteiger partial charge in [-0.1, -0.05) is 35.9 Å². The van der Waals surface area contributed by atoms with Gasteiger partial charge in [-0.25, -0.2) is 0 Å². The van der Waals surface area contributed by atoms with Gasteiger partial charge in [0, 0.05) is 9.90 Å². The Hall–Kier alpha value is -1.32. The molecule has 0 spiro atoms. The smallest absolute Gasteiger partial charge is 0.311 e. The molecule has 1 aromatic heterocycles. The first-order valence-electron chi connectivity index (χ1n) is 5.18. The van der Waals surface area contributed by atoms with Crippen LogP contribution in [0.25, 0.3) is 0 Å². The van der Waals surface area contributed by atoms with Crippen molar-refractivity contribution in [2.75, 3.05) is 0 Å². The van der Waals surface area contributed by atoms with Crippen LogP contribution >= 0.6 is 22.9 Å². The summed E-state index contributed by atoms with van der Waals surface area (Å²) in [5.74, 6) is -1.42. The number of hydrogen-bond donors (Lipinski definition) is 1. The average molecular weight is 267 g/mol. The number of thiophene rings is 1. The molecule has 0 bridgehead atoms. The van der Waals surface area contributed by atoms with E-state index in [2.05, 4.69) is 0 Å². The van der Waals surface area contributed by atoms with Crippen molar-refractivity contribution in [1.82, 2.24) is 0 Å². The molecular formula is C13H11ClO2S. The highest BCUT2D eigenvalue weighted by Crippen LogP contribution is 2.28. The van der Waals surface area contributed by atoms with Crippen molar-refractivity contribution in [2.24, 2.45) is 0 Å². The van der Waals surface area contributed by atoms with Gasteiger partial charge < -0.3 is 5.11 Å². The van der Waals surface area contributed by atoms with Crippen LogP contribution in [-0.4, -0.2) is 11.1 Å². The molecule has 4 heteroatoms. The minimum absolute atomic E-state index is 0.483. The van der Waals surface area contributed by atoms with Crippen LogP contribution in [0.1, 0.15) is 16.4 Å². The fraction of sp³-hybridized carbons (Fsp3) is 0.154. The first-order valence-corrected chi connectivity index (χ1v) is 6.44. The summed E-state index contributed by atoms with van der Waals surface area (Å²) in [5.41, 5.74) is 0.676. The average Bonchev–Trinajstić information content (AvgIpc) is 2.79. The second kappa shape index (κ2) is 5.34. The van der Waals surface area contributed by atoms with Crippen molar-refractivity contribution < 1.29 is 9.90 Å². The van der Waals surface area contributed by atoms with Gasteiger partial charge in [-0.3, -0.25) is 4.79 Å². The molecule has 2 aromatic rings. The van der Waals surface area contributed by atoms with Crippen molar-refractivity contribution in [3.05, 3.63) is 57.2 Å². The zero-order valence-electron chi connectivity index (χ0n) is 8.97. The number of halogens is 1. The summed E-state index contributed by atoms with van der Waals surface area (Å²) in [6.45, 7) is 0. The molecular weight excluding hydrogens is 256 g/mol. The molecule has 0 fully saturated rings. The Morgan fingerprint density at radius 2 is 2.06 bits per heavy atom. The van der Waals surface area contributed by atoms with Gasteiger partial charge in [-0.15, -0.1) is 11.3 Å². The molecule has 2 nitrogen and oxygen atoms in total. The zero-order chi connectivity index (χ0) is 12.3. The van der Waals surface area contributed by atoms with E-state index in [1.165, 1.54) is 0 Å². The van der Waals surface area contributed by atoms with Crippen LogP contribution in [0.4, 0.5) is 0 Å². The van der Waals surface area contributed by atoms with Crippen LogP contribution < -0.4 is 0 Å². The van der Waals surface area contributed by atoms with Crippen molar-refractivity contribution in [2.45, 2.75) is 12.3 Å². The summed E-state index contributed by atoms with van der Waals surface area (Å²) in [6.07, 6.45) is 0.483. The molecule has 1 unspecified atom stereocenters. The maximum absolute atomic E-state index is 11.3. The second-order valence-corrected chi connectivity index (χ2v) is 5.14. The lowest BCUT2D eigenvalue weighted by Crippen LogP contribution is -2.14. The maximum atomic E-state index is 11.3. The third-order valence-corrected chi connectivity index (χ3v) is 3.81. The van der Waals surface area contributed by atoms with E-state index in [-0.39, 0.29) is 0 Å². The van der Waals surface area contributed by atoms with E-state index in [0.717, 1.165) is 4.88 Å². The molecule has 0 aliphatic heterocycles. The van der Waals surface area contributed by atoms with Crippen LogP contribution in [0, 0.1) is 0 Å². The minimum atomic E-state index is -0.841. The van der Waals surface area contributed by atoms with Gasteiger partial charge in [-0.2, -0.15) is 0 Å². The van der Waals surface area contributed by atoms with Crippen molar-refractivity contribution in [3.63, 3.8) is 0 Å². The summed E-state index contributed by atoms with van der Waals surface area (Å²) < 4.78 is 0. The lowest BCUT2D eigenvalue weighted by atomic mass is 9.95. The SMILES string of the molecule is O=C(O)C(Cc1cccs1)c1ccccc1Cl. The second-order valence-electron chi connectivity index (χ2n) is 3.70. The van der Waals surface area contributed by atoms with Crippen molar-refractivity contribution >= 4 is 28.9 Å². The molecule has 0 saturated carbocycles. The lowest BCUT2D eigenvalue weighted by molar-refractivity contribution is -0.138. The monoisotopic (exact) mass is 266 g/mol. The minimum Gasteiger partial charge on any atom is -0.481 e. The number of hydrogen-bond acceptors (Lipinski definition) is 2. The predicted octanol–water partition coefficient (Wildman–Crippen LogP) is 3.81. The number of carboxylic acid groups (broad SMARTS) is 1. The molecule has 1 N–H and O–H groups in total. The van der Waals surface area contributed by atoms with E-state index >= 15 is 0 Å². The van der Waals surface area contributed by atoms with Crippen molar-refractivity contribution in [3.8, 4) is 0 Å². The summed E-state index contributed by atoms with van der Waals surface area (Å²) in [5, 5.41) is 11.8. The number of benzene rings is 1. The standard InChI is InChI=1S/C13H11ClO2S/c14-12-6-2-1-5-10(12)11(13(15)16)8-9-4-3-7-17-9/h1-7,11H,8H2,(H,15,16). The number of rotatable bonds is 4. The highest BCUT2D eigenvalue weighted by molar-refractivity contribution is 7.09. The highest BCUT2D eigenvalue weighted by atomic mass is 35.5. The van der Waals surface area contributed by atoms with Crippen LogP contribution in [0.2, 0.25) is 5.02 Å². The fourth-order valence-electron chi connectivity index (χ4n) is 1.72. The van der Waals surface area contributed by atoms with Gasteiger partial charge >= 0.3 is 5.97 Å². The van der Waals surface area contributed by atoms with Crippen LogP contribution in [0.5, 0.6) is 0 Å². The first-order chi connectivity index (χ1) is 8.18. The van der Waals surface area contributed by atoms with Gasteiger partial charge in [0.25, 0.3) is 0 Å². The summed E-state index contributed by atoms with van der Waals surface area (Å²) >= 11 is 7.61. The number of carboxylic acids is 1. The van der Waals surface area contributed by atoms with Gasteiger partial charge in [-0.05, 0) is 29.5 Å². The summed E-state index contributed by atoms with van der Waals surface area (Å²) in [7, 11) is 0. The third kappa shape index (κ3) is 2.87. The Balaban J connectivity index is 2.30. The number of aliphatic carboxylic acids is 1.